The summed E-state index contributed by atoms with van der Waals surface area (Å²) in [5.41, 5.74) is 4.99. The zero-order chi connectivity index (χ0) is 14.7. The molecule has 0 aromatic heterocycles. The molecule has 114 valence electrons. The highest BCUT2D eigenvalue weighted by Gasteiger charge is 2.45. The van der Waals surface area contributed by atoms with Crippen LogP contribution in [0.5, 0.6) is 0 Å². The molecule has 4 atom stereocenters. The standard InChI is InChI=1S/C14H23NO5/c1-8(16)2-3-9-10-6-12(11(10)7-13(9)17)15-20-5-4-14(18)19/h8-10,13,15-17H,2-7H2,1H3,(H,18,19). The van der Waals surface area contributed by atoms with E-state index in [2.05, 4.69) is 5.48 Å². The van der Waals surface area contributed by atoms with Gasteiger partial charge < -0.3 is 15.3 Å². The molecule has 0 radical (unpaired) electrons. The van der Waals surface area contributed by atoms with Crippen LogP contribution >= 0.6 is 0 Å². The summed E-state index contributed by atoms with van der Waals surface area (Å²) in [6.45, 7) is 1.90. The first kappa shape index (κ1) is 15.3. The van der Waals surface area contributed by atoms with Crippen LogP contribution in [0.2, 0.25) is 0 Å². The highest BCUT2D eigenvalue weighted by molar-refractivity contribution is 5.66. The van der Waals surface area contributed by atoms with Gasteiger partial charge in [0.05, 0.1) is 25.2 Å². The van der Waals surface area contributed by atoms with Crippen LogP contribution in [0.25, 0.3) is 0 Å². The molecule has 6 nitrogen and oxygen atoms in total. The Balaban J connectivity index is 1.78. The molecule has 2 aliphatic carbocycles. The summed E-state index contributed by atoms with van der Waals surface area (Å²) in [6, 6.07) is 0. The van der Waals surface area contributed by atoms with Crippen molar-refractivity contribution in [1.29, 1.82) is 0 Å². The maximum absolute atomic E-state index is 10.3. The predicted octanol–water partition coefficient (Wildman–Crippen LogP) is 0.798. The topological polar surface area (TPSA) is 99.0 Å². The first-order valence-corrected chi connectivity index (χ1v) is 7.16. The van der Waals surface area contributed by atoms with Crippen LogP contribution < -0.4 is 5.48 Å². The van der Waals surface area contributed by atoms with E-state index in [4.69, 9.17) is 9.94 Å². The second-order valence-electron chi connectivity index (χ2n) is 5.77. The third-order valence-corrected chi connectivity index (χ3v) is 4.23. The van der Waals surface area contributed by atoms with E-state index in [1.165, 1.54) is 5.57 Å². The lowest BCUT2D eigenvalue weighted by Crippen LogP contribution is -2.30. The number of aliphatic hydroxyl groups is 2. The third kappa shape index (κ3) is 3.50. The molecule has 0 aromatic rings. The maximum Gasteiger partial charge on any atom is 0.305 e. The molecule has 0 amide bonds. The number of aliphatic carboxylic acids is 1. The lowest BCUT2D eigenvalue weighted by Gasteiger charge is -2.32. The minimum Gasteiger partial charge on any atom is -0.481 e. The van der Waals surface area contributed by atoms with Crippen molar-refractivity contribution < 1.29 is 25.0 Å². The quantitative estimate of drug-likeness (QED) is 0.389. The number of hydrogen-bond acceptors (Lipinski definition) is 5. The lowest BCUT2D eigenvalue weighted by atomic mass is 9.77. The second kappa shape index (κ2) is 6.56. The highest BCUT2D eigenvalue weighted by atomic mass is 16.6. The molecule has 0 spiro atoms. The molecular weight excluding hydrogens is 262 g/mol. The number of rotatable bonds is 8. The molecular formula is C14H23NO5. The number of carboxylic acid groups (broad SMARTS) is 1. The Bertz CT molecular complexity index is 393. The van der Waals surface area contributed by atoms with Gasteiger partial charge in [0, 0.05) is 5.70 Å². The zero-order valence-electron chi connectivity index (χ0n) is 11.7. The fourth-order valence-corrected chi connectivity index (χ4v) is 3.11. The SMILES string of the molecule is CC(O)CCC1C(O)CC2=C(NOCCC(=O)O)CC21. The first-order chi connectivity index (χ1) is 9.49. The molecule has 1 fully saturated rings. The van der Waals surface area contributed by atoms with Crippen molar-refractivity contribution in [2.24, 2.45) is 11.8 Å². The van der Waals surface area contributed by atoms with Crippen LogP contribution in [0.15, 0.2) is 11.3 Å². The van der Waals surface area contributed by atoms with Gasteiger partial charge in [-0.3, -0.25) is 15.1 Å². The highest BCUT2D eigenvalue weighted by Crippen LogP contribution is 2.50. The van der Waals surface area contributed by atoms with E-state index in [0.29, 0.717) is 18.8 Å². The molecule has 4 N–H and O–H groups in total. The molecule has 2 rings (SSSR count). The van der Waals surface area contributed by atoms with E-state index < -0.39 is 5.97 Å². The van der Waals surface area contributed by atoms with E-state index in [9.17, 15) is 15.0 Å². The molecule has 4 unspecified atom stereocenters. The maximum atomic E-state index is 10.3. The van der Waals surface area contributed by atoms with E-state index in [1.54, 1.807) is 6.92 Å². The molecule has 20 heavy (non-hydrogen) atoms. The van der Waals surface area contributed by atoms with Gasteiger partial charge in [0.15, 0.2) is 0 Å². The molecule has 6 heteroatoms. The number of nitrogens with one attached hydrogen (secondary N) is 1. The molecule has 0 aliphatic heterocycles. The molecule has 0 heterocycles. The normalized spacial score (nSPS) is 29.9. The minimum atomic E-state index is -0.884. The average molecular weight is 285 g/mol. The Morgan fingerprint density at radius 2 is 2.25 bits per heavy atom. The number of allylic oxidation sites excluding steroid dienone is 1. The Kier molecular flexibility index (Phi) is 5.01. The van der Waals surface area contributed by atoms with Gasteiger partial charge in [-0.05, 0) is 50.0 Å². The monoisotopic (exact) mass is 285 g/mol. The average Bonchev–Trinajstić information content (AvgIpc) is 2.59. The Labute approximate surface area is 118 Å². The van der Waals surface area contributed by atoms with Gasteiger partial charge in [-0.15, -0.1) is 0 Å². The predicted molar refractivity (Wildman–Crippen MR) is 71.5 cm³/mol. The van der Waals surface area contributed by atoms with Crippen LogP contribution in [0.3, 0.4) is 0 Å². The van der Waals surface area contributed by atoms with Gasteiger partial charge in [0.2, 0.25) is 0 Å². The fraction of sp³-hybridized carbons (Fsp3) is 0.786. The van der Waals surface area contributed by atoms with E-state index in [1.807, 2.05) is 0 Å². The summed E-state index contributed by atoms with van der Waals surface area (Å²) < 4.78 is 0. The second-order valence-corrected chi connectivity index (χ2v) is 5.77. The van der Waals surface area contributed by atoms with Gasteiger partial charge in [0.25, 0.3) is 0 Å². The van der Waals surface area contributed by atoms with E-state index in [-0.39, 0.29) is 31.2 Å². The Morgan fingerprint density at radius 1 is 1.50 bits per heavy atom. The van der Waals surface area contributed by atoms with Gasteiger partial charge in [-0.25, -0.2) is 0 Å². The van der Waals surface area contributed by atoms with Crippen molar-refractivity contribution in [2.45, 2.75) is 51.2 Å². The molecule has 2 aliphatic rings. The number of carbonyl (C=O) groups is 1. The first-order valence-electron chi connectivity index (χ1n) is 7.16. The number of aliphatic hydroxyl groups excluding tert-OH is 2. The van der Waals surface area contributed by atoms with E-state index >= 15 is 0 Å². The van der Waals surface area contributed by atoms with Crippen LogP contribution in [0, 0.1) is 11.8 Å². The van der Waals surface area contributed by atoms with Crippen molar-refractivity contribution in [2.75, 3.05) is 6.61 Å². The lowest BCUT2D eigenvalue weighted by molar-refractivity contribution is -0.138. The Hall–Kier alpha value is -1.11. The third-order valence-electron chi connectivity index (χ3n) is 4.23. The summed E-state index contributed by atoms with van der Waals surface area (Å²) in [7, 11) is 0. The van der Waals surface area contributed by atoms with Crippen LogP contribution in [0.1, 0.15) is 39.0 Å². The molecule has 0 aromatic carbocycles. The summed E-state index contributed by atoms with van der Waals surface area (Å²) in [6.07, 6.45) is 2.34. The number of carboxylic acids is 1. The van der Waals surface area contributed by atoms with Crippen LogP contribution in [-0.2, 0) is 9.63 Å². The number of hydroxylamine groups is 1. The summed E-state index contributed by atoms with van der Waals surface area (Å²) in [4.78, 5) is 15.5. The van der Waals surface area contributed by atoms with Crippen LogP contribution in [-0.4, -0.2) is 40.1 Å². The molecule has 0 bridgehead atoms. The van der Waals surface area contributed by atoms with Crippen LogP contribution in [0.4, 0.5) is 0 Å². The van der Waals surface area contributed by atoms with Gasteiger partial charge in [-0.1, -0.05) is 0 Å². The minimum absolute atomic E-state index is 0.0291. The van der Waals surface area contributed by atoms with Crippen molar-refractivity contribution in [3.8, 4) is 0 Å². The Morgan fingerprint density at radius 3 is 2.90 bits per heavy atom. The smallest absolute Gasteiger partial charge is 0.305 e. The van der Waals surface area contributed by atoms with Crippen molar-refractivity contribution in [3.05, 3.63) is 11.3 Å². The summed E-state index contributed by atoms with van der Waals surface area (Å²) in [5, 5.41) is 27.9. The van der Waals surface area contributed by atoms with Crippen molar-refractivity contribution in [1.82, 2.24) is 5.48 Å². The fourth-order valence-electron chi connectivity index (χ4n) is 3.11. The van der Waals surface area contributed by atoms with Gasteiger partial charge in [-0.2, -0.15) is 0 Å². The number of fused-ring (bicyclic) bond motifs is 1. The summed E-state index contributed by atoms with van der Waals surface area (Å²) in [5.74, 6) is -0.274. The zero-order valence-corrected chi connectivity index (χ0v) is 11.7. The van der Waals surface area contributed by atoms with Gasteiger partial charge in [0.1, 0.15) is 0 Å². The van der Waals surface area contributed by atoms with Crippen molar-refractivity contribution in [3.63, 3.8) is 0 Å². The van der Waals surface area contributed by atoms with E-state index in [0.717, 1.165) is 18.5 Å². The largest absolute Gasteiger partial charge is 0.481 e. The number of hydrogen-bond donors (Lipinski definition) is 4. The molecule has 1 saturated carbocycles. The van der Waals surface area contributed by atoms with Gasteiger partial charge >= 0.3 is 5.97 Å². The van der Waals surface area contributed by atoms with Crippen molar-refractivity contribution >= 4 is 5.97 Å². The molecule has 0 saturated heterocycles. The summed E-state index contributed by atoms with van der Waals surface area (Å²) >= 11 is 0.